The van der Waals surface area contributed by atoms with Gasteiger partial charge in [-0.15, -0.1) is 0 Å². The average Bonchev–Trinajstić information content (AvgIpc) is 2.52. The van der Waals surface area contributed by atoms with Crippen LogP contribution in [0, 0.1) is 11.7 Å². The Morgan fingerprint density at radius 3 is 2.43 bits per heavy atom. The van der Waals surface area contributed by atoms with Gasteiger partial charge in [-0.25, -0.2) is 4.39 Å². The normalized spacial score (nSPS) is 12.5. The predicted molar refractivity (Wildman–Crippen MR) is 91.4 cm³/mol. The Hall–Kier alpha value is -1.62. The first kappa shape index (κ1) is 19.4. The second-order valence-electron chi connectivity index (χ2n) is 6.06. The zero-order chi connectivity index (χ0) is 17.4. The van der Waals surface area contributed by atoms with Gasteiger partial charge in [-0.1, -0.05) is 27.7 Å². The molecule has 1 unspecified atom stereocenters. The zero-order valence-electron chi connectivity index (χ0n) is 14.9. The van der Waals surface area contributed by atoms with E-state index < -0.39 is 5.82 Å². The van der Waals surface area contributed by atoms with E-state index >= 15 is 0 Å². The number of halogens is 1. The predicted octanol–water partition coefficient (Wildman–Crippen LogP) is 3.32. The third-order valence-electron chi connectivity index (χ3n) is 3.99. The number of benzene rings is 1. The minimum atomic E-state index is -0.565. The Balaban J connectivity index is 2.74. The van der Waals surface area contributed by atoms with Crippen LogP contribution in [-0.2, 0) is 0 Å². The number of methoxy groups -OCH3 is 1. The molecule has 0 heterocycles. The maximum absolute atomic E-state index is 14.0. The Morgan fingerprint density at radius 2 is 1.96 bits per heavy atom. The van der Waals surface area contributed by atoms with Gasteiger partial charge in [0.15, 0.2) is 0 Å². The number of likely N-dealkylation sites (N-methyl/N-ethyl adjacent to an activating group) is 1. The third-order valence-corrected chi connectivity index (χ3v) is 3.99. The molecule has 1 N–H and O–H groups in total. The monoisotopic (exact) mass is 324 g/mol. The van der Waals surface area contributed by atoms with Crippen molar-refractivity contribution in [3.8, 4) is 5.75 Å². The van der Waals surface area contributed by atoms with Crippen molar-refractivity contribution in [2.24, 2.45) is 5.92 Å². The average molecular weight is 324 g/mol. The van der Waals surface area contributed by atoms with Crippen LogP contribution in [0.1, 0.15) is 44.5 Å². The van der Waals surface area contributed by atoms with Crippen molar-refractivity contribution in [1.82, 2.24) is 10.2 Å². The number of nitrogens with one attached hydrogen (secondary N) is 1. The molecule has 0 fully saturated rings. The van der Waals surface area contributed by atoms with E-state index in [1.807, 2.05) is 0 Å². The van der Waals surface area contributed by atoms with Crippen molar-refractivity contribution >= 4 is 5.91 Å². The van der Waals surface area contributed by atoms with Gasteiger partial charge >= 0.3 is 0 Å². The van der Waals surface area contributed by atoms with Crippen LogP contribution in [0.3, 0.4) is 0 Å². The van der Waals surface area contributed by atoms with Crippen LogP contribution >= 0.6 is 0 Å². The first-order valence-electron chi connectivity index (χ1n) is 8.28. The van der Waals surface area contributed by atoms with Crippen LogP contribution in [0.2, 0.25) is 0 Å². The van der Waals surface area contributed by atoms with Gasteiger partial charge in [-0.05, 0) is 37.6 Å². The van der Waals surface area contributed by atoms with E-state index in [4.69, 9.17) is 4.74 Å². The molecule has 1 rings (SSSR count). The Labute approximate surface area is 139 Å². The summed E-state index contributed by atoms with van der Waals surface area (Å²) in [4.78, 5) is 14.6. The summed E-state index contributed by atoms with van der Waals surface area (Å²) in [6.07, 6.45) is 0.993. The molecule has 0 radical (unpaired) electrons. The molecule has 0 aromatic heterocycles. The molecule has 23 heavy (non-hydrogen) atoms. The number of amides is 1. The smallest absolute Gasteiger partial charge is 0.254 e. The zero-order valence-corrected chi connectivity index (χ0v) is 14.9. The maximum atomic E-state index is 14.0. The molecule has 0 saturated carbocycles. The quantitative estimate of drug-likeness (QED) is 0.757. The fourth-order valence-corrected chi connectivity index (χ4v) is 2.76. The molecule has 1 aromatic rings. The van der Waals surface area contributed by atoms with Gasteiger partial charge in [0.25, 0.3) is 5.91 Å². The van der Waals surface area contributed by atoms with Gasteiger partial charge in [0.2, 0.25) is 0 Å². The highest BCUT2D eigenvalue weighted by atomic mass is 19.1. The summed E-state index contributed by atoms with van der Waals surface area (Å²) in [6.45, 7) is 10.9. The number of rotatable bonds is 9. The van der Waals surface area contributed by atoms with E-state index in [2.05, 4.69) is 37.9 Å². The second kappa shape index (κ2) is 9.50. The van der Waals surface area contributed by atoms with E-state index in [1.54, 1.807) is 6.07 Å². The third kappa shape index (κ3) is 5.82. The molecule has 5 heteroatoms. The van der Waals surface area contributed by atoms with Gasteiger partial charge < -0.3 is 10.1 Å². The SMILES string of the molecule is CCN(CC)C(CNC(=O)c1ccc(OC)cc1F)CC(C)C. The Bertz CT molecular complexity index is 502. The number of carbonyl (C=O) groups excluding carboxylic acids is 1. The molecular weight excluding hydrogens is 295 g/mol. The fraction of sp³-hybridized carbons (Fsp3) is 0.611. The summed E-state index contributed by atoms with van der Waals surface area (Å²) in [5.74, 6) is -0.00809. The summed E-state index contributed by atoms with van der Waals surface area (Å²) >= 11 is 0. The second-order valence-corrected chi connectivity index (χ2v) is 6.06. The lowest BCUT2D eigenvalue weighted by atomic mass is 10.0. The molecule has 1 amide bonds. The van der Waals surface area contributed by atoms with E-state index in [0.717, 1.165) is 19.5 Å². The summed E-state index contributed by atoms with van der Waals surface area (Å²) in [5, 5.41) is 2.87. The summed E-state index contributed by atoms with van der Waals surface area (Å²) < 4.78 is 18.9. The van der Waals surface area contributed by atoms with Crippen molar-refractivity contribution < 1.29 is 13.9 Å². The van der Waals surface area contributed by atoms with Crippen molar-refractivity contribution in [3.63, 3.8) is 0 Å². The Morgan fingerprint density at radius 1 is 1.30 bits per heavy atom. The van der Waals surface area contributed by atoms with Gasteiger partial charge in [-0.3, -0.25) is 9.69 Å². The summed E-state index contributed by atoms with van der Waals surface area (Å²) in [7, 11) is 1.47. The lowest BCUT2D eigenvalue weighted by Gasteiger charge is -2.31. The van der Waals surface area contributed by atoms with Gasteiger partial charge in [-0.2, -0.15) is 0 Å². The number of hydrogen-bond acceptors (Lipinski definition) is 3. The van der Waals surface area contributed by atoms with Crippen LogP contribution in [0.25, 0.3) is 0 Å². The van der Waals surface area contributed by atoms with Crippen molar-refractivity contribution in [2.45, 2.75) is 40.2 Å². The molecule has 0 saturated heterocycles. The number of hydrogen-bond donors (Lipinski definition) is 1. The molecule has 0 aliphatic heterocycles. The summed E-state index contributed by atoms with van der Waals surface area (Å²) in [6, 6.07) is 4.53. The van der Waals surface area contributed by atoms with Crippen molar-refractivity contribution in [2.75, 3.05) is 26.7 Å². The van der Waals surface area contributed by atoms with E-state index in [-0.39, 0.29) is 17.5 Å². The van der Waals surface area contributed by atoms with Gasteiger partial charge in [0.05, 0.1) is 12.7 Å². The van der Waals surface area contributed by atoms with Gasteiger partial charge in [0.1, 0.15) is 11.6 Å². The highest BCUT2D eigenvalue weighted by Crippen LogP contribution is 2.16. The first-order chi connectivity index (χ1) is 10.9. The van der Waals surface area contributed by atoms with Crippen molar-refractivity contribution in [3.05, 3.63) is 29.6 Å². The minimum absolute atomic E-state index is 0.0497. The van der Waals surface area contributed by atoms with Crippen LogP contribution in [0.4, 0.5) is 4.39 Å². The minimum Gasteiger partial charge on any atom is -0.497 e. The molecule has 0 aliphatic carbocycles. The molecule has 0 bridgehead atoms. The molecule has 1 aromatic carbocycles. The standard InChI is InChI=1S/C18H29FN2O2/c1-6-21(7-2)14(10-13(3)4)12-20-18(22)16-9-8-15(23-5)11-17(16)19/h8-9,11,13-14H,6-7,10,12H2,1-5H3,(H,20,22). The number of carbonyl (C=O) groups is 1. The maximum Gasteiger partial charge on any atom is 0.254 e. The summed E-state index contributed by atoms with van der Waals surface area (Å²) in [5.41, 5.74) is 0.0497. The van der Waals surface area contributed by atoms with Gasteiger partial charge in [0, 0.05) is 18.7 Å². The van der Waals surface area contributed by atoms with Crippen LogP contribution in [0.5, 0.6) is 5.75 Å². The highest BCUT2D eigenvalue weighted by Gasteiger charge is 2.19. The topological polar surface area (TPSA) is 41.6 Å². The van der Waals surface area contributed by atoms with E-state index in [0.29, 0.717) is 18.2 Å². The van der Waals surface area contributed by atoms with Crippen molar-refractivity contribution in [1.29, 1.82) is 0 Å². The molecule has 4 nitrogen and oxygen atoms in total. The molecule has 0 aliphatic rings. The largest absolute Gasteiger partial charge is 0.497 e. The molecular formula is C18H29FN2O2. The lowest BCUT2D eigenvalue weighted by molar-refractivity contribution is 0.0925. The Kier molecular flexibility index (Phi) is 8.03. The van der Waals surface area contributed by atoms with E-state index in [9.17, 15) is 9.18 Å². The fourth-order valence-electron chi connectivity index (χ4n) is 2.76. The number of nitrogens with zero attached hydrogens (tertiary/aromatic N) is 1. The van der Waals surface area contributed by atoms with Crippen LogP contribution in [0.15, 0.2) is 18.2 Å². The molecule has 130 valence electrons. The molecule has 1 atom stereocenters. The first-order valence-corrected chi connectivity index (χ1v) is 8.28. The van der Waals surface area contributed by atoms with Crippen LogP contribution in [-0.4, -0.2) is 43.6 Å². The lowest BCUT2D eigenvalue weighted by Crippen LogP contribution is -2.44. The number of ether oxygens (including phenoxy) is 1. The van der Waals surface area contributed by atoms with E-state index in [1.165, 1.54) is 19.2 Å². The molecule has 0 spiro atoms. The highest BCUT2D eigenvalue weighted by molar-refractivity contribution is 5.94. The van der Waals surface area contributed by atoms with Crippen LogP contribution < -0.4 is 10.1 Å².